The fourth-order valence-corrected chi connectivity index (χ4v) is 3.38. The molecule has 0 aliphatic carbocycles. The van der Waals surface area contributed by atoms with Crippen molar-refractivity contribution >= 4 is 22.8 Å². The monoisotopic (exact) mass is 373 g/mol. The SMILES string of the molecule is Cc1ccc2nc(COCC(=O)NCCN3CCC[C@@H](C(N)=O)C3)[nH]c2c1. The molecule has 8 nitrogen and oxygen atoms in total. The predicted molar refractivity (Wildman–Crippen MR) is 102 cm³/mol. The van der Waals surface area contributed by atoms with Crippen molar-refractivity contribution in [2.75, 3.05) is 32.8 Å². The number of carbonyl (C=O) groups is 2. The lowest BCUT2D eigenvalue weighted by atomic mass is 9.97. The molecule has 1 aliphatic heterocycles. The van der Waals surface area contributed by atoms with E-state index in [4.69, 9.17) is 10.5 Å². The Labute approximate surface area is 158 Å². The van der Waals surface area contributed by atoms with Crippen LogP contribution in [0.5, 0.6) is 0 Å². The van der Waals surface area contributed by atoms with Gasteiger partial charge in [0.2, 0.25) is 11.8 Å². The molecule has 27 heavy (non-hydrogen) atoms. The first-order valence-corrected chi connectivity index (χ1v) is 9.32. The van der Waals surface area contributed by atoms with E-state index in [1.54, 1.807) is 0 Å². The minimum Gasteiger partial charge on any atom is -0.369 e. The molecule has 0 spiro atoms. The Morgan fingerprint density at radius 1 is 1.44 bits per heavy atom. The van der Waals surface area contributed by atoms with Gasteiger partial charge in [0.1, 0.15) is 19.0 Å². The van der Waals surface area contributed by atoms with Gasteiger partial charge < -0.3 is 25.7 Å². The number of rotatable bonds is 8. The minimum atomic E-state index is -0.238. The number of primary amides is 1. The first-order valence-electron chi connectivity index (χ1n) is 9.32. The van der Waals surface area contributed by atoms with Gasteiger partial charge in [0.25, 0.3) is 0 Å². The van der Waals surface area contributed by atoms with Crippen molar-refractivity contribution in [3.05, 3.63) is 29.6 Å². The number of benzene rings is 1. The number of fused-ring (bicyclic) bond motifs is 1. The molecule has 2 amide bonds. The summed E-state index contributed by atoms with van der Waals surface area (Å²) in [4.78, 5) is 33.0. The molecule has 4 N–H and O–H groups in total. The van der Waals surface area contributed by atoms with Crippen molar-refractivity contribution in [2.24, 2.45) is 11.7 Å². The number of hydrogen-bond acceptors (Lipinski definition) is 5. The third kappa shape index (κ3) is 5.51. The number of nitrogens with two attached hydrogens (primary N) is 1. The Morgan fingerprint density at radius 3 is 3.11 bits per heavy atom. The molecule has 0 bridgehead atoms. The van der Waals surface area contributed by atoms with E-state index in [-0.39, 0.29) is 30.9 Å². The van der Waals surface area contributed by atoms with Crippen LogP contribution in [0.2, 0.25) is 0 Å². The summed E-state index contributed by atoms with van der Waals surface area (Å²) in [5.74, 6) is 0.225. The number of aromatic amines is 1. The van der Waals surface area contributed by atoms with Gasteiger partial charge in [0.15, 0.2) is 0 Å². The van der Waals surface area contributed by atoms with Gasteiger partial charge in [-0.25, -0.2) is 4.98 Å². The molecule has 2 heterocycles. The van der Waals surface area contributed by atoms with Crippen molar-refractivity contribution in [2.45, 2.75) is 26.4 Å². The van der Waals surface area contributed by atoms with Crippen LogP contribution in [0.1, 0.15) is 24.2 Å². The number of nitrogens with zero attached hydrogens (tertiary/aromatic N) is 2. The zero-order valence-electron chi connectivity index (χ0n) is 15.7. The second kappa shape index (κ2) is 8.96. The van der Waals surface area contributed by atoms with E-state index in [1.807, 2.05) is 25.1 Å². The molecular formula is C19H27N5O3. The summed E-state index contributed by atoms with van der Waals surface area (Å²) in [6, 6.07) is 6.00. The molecular weight excluding hydrogens is 346 g/mol. The predicted octanol–water partition coefficient (Wildman–Crippen LogP) is 0.701. The van der Waals surface area contributed by atoms with Crippen molar-refractivity contribution in [1.29, 1.82) is 0 Å². The van der Waals surface area contributed by atoms with Crippen LogP contribution in [0, 0.1) is 12.8 Å². The molecule has 3 rings (SSSR count). The van der Waals surface area contributed by atoms with Crippen molar-refractivity contribution < 1.29 is 14.3 Å². The molecule has 1 atom stereocenters. The van der Waals surface area contributed by atoms with Gasteiger partial charge in [-0.05, 0) is 44.0 Å². The zero-order valence-corrected chi connectivity index (χ0v) is 15.7. The topological polar surface area (TPSA) is 113 Å². The van der Waals surface area contributed by atoms with E-state index in [2.05, 4.69) is 20.2 Å². The molecule has 146 valence electrons. The normalized spacial score (nSPS) is 17.9. The van der Waals surface area contributed by atoms with E-state index in [1.165, 1.54) is 0 Å². The van der Waals surface area contributed by atoms with Gasteiger partial charge >= 0.3 is 0 Å². The molecule has 0 saturated carbocycles. The van der Waals surface area contributed by atoms with Crippen LogP contribution in [0.15, 0.2) is 18.2 Å². The number of aromatic nitrogens is 2. The molecule has 8 heteroatoms. The van der Waals surface area contributed by atoms with E-state index in [0.717, 1.165) is 36.0 Å². The minimum absolute atomic E-state index is 0.0139. The fraction of sp³-hybridized carbons (Fsp3) is 0.526. The maximum atomic E-state index is 11.9. The Bertz CT molecular complexity index is 804. The number of likely N-dealkylation sites (tertiary alicyclic amines) is 1. The second-order valence-electron chi connectivity index (χ2n) is 7.09. The Morgan fingerprint density at radius 2 is 2.30 bits per heavy atom. The van der Waals surface area contributed by atoms with E-state index in [0.29, 0.717) is 25.5 Å². The average Bonchev–Trinajstić information content (AvgIpc) is 3.03. The summed E-state index contributed by atoms with van der Waals surface area (Å²) in [6.07, 6.45) is 1.81. The first kappa shape index (κ1) is 19.3. The molecule has 1 aromatic heterocycles. The largest absolute Gasteiger partial charge is 0.369 e. The maximum Gasteiger partial charge on any atom is 0.246 e. The van der Waals surface area contributed by atoms with E-state index >= 15 is 0 Å². The summed E-state index contributed by atoms with van der Waals surface area (Å²) in [5.41, 5.74) is 8.40. The standard InChI is InChI=1S/C19H27N5O3/c1-13-4-5-15-16(9-13)23-17(22-15)11-27-12-18(25)21-6-8-24-7-2-3-14(10-24)19(20)26/h4-5,9,14H,2-3,6-8,10-12H2,1H3,(H2,20,26)(H,21,25)(H,22,23)/t14-/m1/s1. The number of imidazole rings is 1. The molecule has 1 fully saturated rings. The van der Waals surface area contributed by atoms with Gasteiger partial charge in [0.05, 0.1) is 17.0 Å². The van der Waals surface area contributed by atoms with Gasteiger partial charge in [0, 0.05) is 19.6 Å². The molecule has 1 saturated heterocycles. The Hall–Kier alpha value is -2.45. The van der Waals surface area contributed by atoms with Crippen LogP contribution in [0.4, 0.5) is 0 Å². The van der Waals surface area contributed by atoms with Crippen LogP contribution in [-0.2, 0) is 20.9 Å². The summed E-state index contributed by atoms with van der Waals surface area (Å²) in [6.45, 7) is 5.11. The number of piperidine rings is 1. The molecule has 0 unspecified atom stereocenters. The highest BCUT2D eigenvalue weighted by Crippen LogP contribution is 2.15. The van der Waals surface area contributed by atoms with E-state index < -0.39 is 0 Å². The summed E-state index contributed by atoms with van der Waals surface area (Å²) < 4.78 is 5.45. The van der Waals surface area contributed by atoms with Gasteiger partial charge in [-0.15, -0.1) is 0 Å². The zero-order chi connectivity index (χ0) is 19.2. The average molecular weight is 373 g/mol. The lowest BCUT2D eigenvalue weighted by molar-refractivity contribution is -0.126. The Balaban J connectivity index is 1.34. The number of aryl methyl sites for hydroxylation is 1. The summed E-state index contributed by atoms with van der Waals surface area (Å²) in [5, 5.41) is 2.84. The maximum absolute atomic E-state index is 11.9. The van der Waals surface area contributed by atoms with Crippen LogP contribution >= 0.6 is 0 Å². The molecule has 1 aromatic carbocycles. The van der Waals surface area contributed by atoms with Gasteiger partial charge in [-0.3, -0.25) is 9.59 Å². The van der Waals surface area contributed by atoms with Gasteiger partial charge in [-0.2, -0.15) is 0 Å². The second-order valence-corrected chi connectivity index (χ2v) is 7.09. The van der Waals surface area contributed by atoms with Crippen LogP contribution in [-0.4, -0.2) is 59.5 Å². The van der Waals surface area contributed by atoms with Crippen molar-refractivity contribution in [3.63, 3.8) is 0 Å². The smallest absolute Gasteiger partial charge is 0.246 e. The number of nitrogens with one attached hydrogen (secondary N) is 2. The number of hydrogen-bond donors (Lipinski definition) is 3. The lowest BCUT2D eigenvalue weighted by Gasteiger charge is -2.31. The number of ether oxygens (including phenoxy) is 1. The quantitative estimate of drug-likeness (QED) is 0.630. The highest BCUT2D eigenvalue weighted by molar-refractivity contribution is 5.77. The van der Waals surface area contributed by atoms with Gasteiger partial charge in [-0.1, -0.05) is 6.07 Å². The van der Waals surface area contributed by atoms with Crippen LogP contribution in [0.25, 0.3) is 11.0 Å². The number of carbonyl (C=O) groups excluding carboxylic acids is 2. The molecule has 1 aliphatic rings. The summed E-state index contributed by atoms with van der Waals surface area (Å²) >= 11 is 0. The van der Waals surface area contributed by atoms with Crippen molar-refractivity contribution in [3.8, 4) is 0 Å². The lowest BCUT2D eigenvalue weighted by Crippen LogP contribution is -2.44. The Kier molecular flexibility index (Phi) is 6.41. The van der Waals surface area contributed by atoms with E-state index in [9.17, 15) is 9.59 Å². The highest BCUT2D eigenvalue weighted by atomic mass is 16.5. The summed E-state index contributed by atoms with van der Waals surface area (Å²) in [7, 11) is 0. The van der Waals surface area contributed by atoms with Crippen LogP contribution < -0.4 is 11.1 Å². The molecule has 2 aromatic rings. The highest BCUT2D eigenvalue weighted by Gasteiger charge is 2.23. The third-order valence-corrected chi connectivity index (χ3v) is 4.82. The first-order chi connectivity index (χ1) is 13.0. The fourth-order valence-electron chi connectivity index (χ4n) is 3.38. The number of H-pyrrole nitrogens is 1. The number of amides is 2. The van der Waals surface area contributed by atoms with Crippen LogP contribution in [0.3, 0.4) is 0 Å². The molecule has 0 radical (unpaired) electrons. The third-order valence-electron chi connectivity index (χ3n) is 4.82. The van der Waals surface area contributed by atoms with Crippen molar-refractivity contribution in [1.82, 2.24) is 20.2 Å².